The van der Waals surface area contributed by atoms with Gasteiger partial charge in [0.05, 0.1) is 16.8 Å². The van der Waals surface area contributed by atoms with Crippen molar-refractivity contribution in [2.45, 2.75) is 12.5 Å². The lowest BCUT2D eigenvalue weighted by Crippen LogP contribution is -2.13. The summed E-state index contributed by atoms with van der Waals surface area (Å²) in [4.78, 5) is 2.14. The summed E-state index contributed by atoms with van der Waals surface area (Å²) >= 11 is 6.18. The smallest absolute Gasteiger partial charge is 0.0912 e. The number of nitrogens with two attached hydrogens (primary N) is 1. The van der Waals surface area contributed by atoms with Gasteiger partial charge in [-0.25, -0.2) is 0 Å². The number of aliphatic hydroxyl groups is 1. The Morgan fingerprint density at radius 3 is 3.00 bits per heavy atom. The van der Waals surface area contributed by atoms with E-state index in [2.05, 4.69) is 4.90 Å². The van der Waals surface area contributed by atoms with Gasteiger partial charge in [0.1, 0.15) is 0 Å². The first-order chi connectivity index (χ1) is 7.13. The third-order valence-corrected chi connectivity index (χ3v) is 3.16. The average Bonchev–Trinajstić information content (AvgIpc) is 2.59. The van der Waals surface area contributed by atoms with Crippen molar-refractivity contribution < 1.29 is 5.11 Å². The fraction of sp³-hybridized carbons (Fsp3) is 0.455. The summed E-state index contributed by atoms with van der Waals surface area (Å²) < 4.78 is 0. The Balaban J connectivity index is 2.44. The molecule has 0 saturated carbocycles. The average molecular weight is 227 g/mol. The first-order valence-electron chi connectivity index (χ1n) is 5.05. The van der Waals surface area contributed by atoms with Crippen LogP contribution in [0.15, 0.2) is 12.1 Å². The molecule has 3 nitrogen and oxygen atoms in total. The highest BCUT2D eigenvalue weighted by Crippen LogP contribution is 2.36. The topological polar surface area (TPSA) is 49.5 Å². The van der Waals surface area contributed by atoms with Crippen molar-refractivity contribution in [2.75, 3.05) is 25.0 Å². The van der Waals surface area contributed by atoms with Gasteiger partial charge in [0, 0.05) is 20.1 Å². The van der Waals surface area contributed by atoms with E-state index in [4.69, 9.17) is 17.3 Å². The molecule has 0 fully saturated rings. The fourth-order valence-electron chi connectivity index (χ4n) is 2.03. The molecule has 1 aliphatic heterocycles. The number of benzene rings is 1. The van der Waals surface area contributed by atoms with Gasteiger partial charge in [-0.3, -0.25) is 0 Å². The van der Waals surface area contributed by atoms with E-state index < -0.39 is 6.10 Å². The van der Waals surface area contributed by atoms with Gasteiger partial charge < -0.3 is 15.7 Å². The molecule has 4 heteroatoms. The van der Waals surface area contributed by atoms with Gasteiger partial charge >= 0.3 is 0 Å². The summed E-state index contributed by atoms with van der Waals surface area (Å²) in [6.07, 6.45) is 0.371. The van der Waals surface area contributed by atoms with Crippen LogP contribution in [-0.2, 0) is 6.42 Å². The van der Waals surface area contributed by atoms with Crippen LogP contribution >= 0.6 is 11.6 Å². The maximum atomic E-state index is 9.65. The molecule has 1 atom stereocenters. The molecule has 82 valence electrons. The molecular formula is C11H15ClN2O. The number of likely N-dealkylation sites (N-methyl/N-ethyl adjacent to an activating group) is 1. The monoisotopic (exact) mass is 226 g/mol. The Hall–Kier alpha value is -0.770. The normalized spacial score (nSPS) is 16.7. The molecule has 0 aliphatic carbocycles. The number of fused-ring (bicyclic) bond motifs is 1. The highest BCUT2D eigenvalue weighted by molar-refractivity contribution is 6.33. The molecule has 3 N–H and O–H groups in total. The third-order valence-electron chi connectivity index (χ3n) is 2.87. The van der Waals surface area contributed by atoms with E-state index in [9.17, 15) is 5.11 Å². The molecule has 0 spiro atoms. The Labute approximate surface area is 94.4 Å². The Morgan fingerprint density at radius 2 is 2.33 bits per heavy atom. The standard InChI is InChI=1S/C11H15ClN2O/c1-14-3-2-7-4-8(10(15)6-13)5-9(12)11(7)14/h4-5,10,15H,2-3,6,13H2,1H3. The van der Waals surface area contributed by atoms with Gasteiger partial charge in [-0.05, 0) is 23.6 Å². The van der Waals surface area contributed by atoms with Crippen LogP contribution in [0, 0.1) is 0 Å². The summed E-state index contributed by atoms with van der Waals surface area (Å²) in [5.74, 6) is 0. The van der Waals surface area contributed by atoms with E-state index in [1.165, 1.54) is 5.56 Å². The van der Waals surface area contributed by atoms with Crippen molar-refractivity contribution in [1.29, 1.82) is 0 Å². The lowest BCUT2D eigenvalue weighted by molar-refractivity contribution is 0.186. The van der Waals surface area contributed by atoms with Crippen LogP contribution in [0.2, 0.25) is 5.02 Å². The number of aliphatic hydroxyl groups excluding tert-OH is 1. The number of halogens is 1. The number of rotatable bonds is 2. The quantitative estimate of drug-likeness (QED) is 0.800. The SMILES string of the molecule is CN1CCc2cc(C(O)CN)cc(Cl)c21. The van der Waals surface area contributed by atoms with E-state index in [-0.39, 0.29) is 6.54 Å². The largest absolute Gasteiger partial charge is 0.387 e. The zero-order valence-corrected chi connectivity index (χ0v) is 9.46. The summed E-state index contributed by atoms with van der Waals surface area (Å²) in [7, 11) is 2.02. The molecule has 2 rings (SSSR count). The lowest BCUT2D eigenvalue weighted by atomic mass is 10.0. The molecule has 1 aromatic rings. The van der Waals surface area contributed by atoms with Crippen molar-refractivity contribution >= 4 is 17.3 Å². The minimum Gasteiger partial charge on any atom is -0.387 e. The maximum absolute atomic E-state index is 9.65. The van der Waals surface area contributed by atoms with Crippen LogP contribution in [0.5, 0.6) is 0 Å². The second kappa shape index (κ2) is 4.00. The molecule has 0 saturated heterocycles. The first-order valence-corrected chi connectivity index (χ1v) is 5.43. The lowest BCUT2D eigenvalue weighted by Gasteiger charge is -2.16. The molecule has 0 bridgehead atoms. The second-order valence-corrected chi connectivity index (χ2v) is 4.34. The highest BCUT2D eigenvalue weighted by Gasteiger charge is 2.21. The van der Waals surface area contributed by atoms with Crippen molar-refractivity contribution in [3.8, 4) is 0 Å². The molecule has 1 aliphatic rings. The van der Waals surface area contributed by atoms with Gasteiger partial charge in [0.2, 0.25) is 0 Å². The van der Waals surface area contributed by atoms with E-state index in [0.717, 1.165) is 24.2 Å². The predicted molar refractivity (Wildman–Crippen MR) is 62.4 cm³/mol. The van der Waals surface area contributed by atoms with E-state index in [0.29, 0.717) is 5.02 Å². The second-order valence-electron chi connectivity index (χ2n) is 3.93. The van der Waals surface area contributed by atoms with Crippen molar-refractivity contribution in [1.82, 2.24) is 0 Å². The first kappa shape index (κ1) is 10.7. The molecule has 0 radical (unpaired) electrons. The Bertz CT molecular complexity index is 381. The fourth-order valence-corrected chi connectivity index (χ4v) is 2.42. The summed E-state index contributed by atoms with van der Waals surface area (Å²) in [5, 5.41) is 10.4. The van der Waals surface area contributed by atoms with Gasteiger partial charge in [-0.15, -0.1) is 0 Å². The minimum absolute atomic E-state index is 0.227. The van der Waals surface area contributed by atoms with E-state index in [1.807, 2.05) is 13.1 Å². The predicted octanol–water partition coefficient (Wildman–Crippen LogP) is 1.32. The van der Waals surface area contributed by atoms with Crippen LogP contribution in [-0.4, -0.2) is 25.2 Å². The van der Waals surface area contributed by atoms with Gasteiger partial charge in [0.25, 0.3) is 0 Å². The zero-order valence-electron chi connectivity index (χ0n) is 8.70. The number of hydrogen-bond acceptors (Lipinski definition) is 3. The van der Waals surface area contributed by atoms with Gasteiger partial charge in [-0.1, -0.05) is 17.7 Å². The van der Waals surface area contributed by atoms with Gasteiger partial charge in [0.15, 0.2) is 0 Å². The van der Waals surface area contributed by atoms with E-state index >= 15 is 0 Å². The van der Waals surface area contributed by atoms with Gasteiger partial charge in [-0.2, -0.15) is 0 Å². The van der Waals surface area contributed by atoms with Crippen LogP contribution in [0.25, 0.3) is 0 Å². The summed E-state index contributed by atoms with van der Waals surface area (Å²) in [5.41, 5.74) is 8.53. The van der Waals surface area contributed by atoms with E-state index in [1.54, 1.807) is 6.07 Å². The van der Waals surface area contributed by atoms with Crippen LogP contribution in [0.4, 0.5) is 5.69 Å². The molecule has 1 aromatic carbocycles. The Kier molecular flexibility index (Phi) is 2.87. The van der Waals surface area contributed by atoms with Crippen molar-refractivity contribution in [2.24, 2.45) is 5.73 Å². The van der Waals surface area contributed by atoms with Crippen LogP contribution in [0.3, 0.4) is 0 Å². The summed E-state index contributed by atoms with van der Waals surface area (Å²) in [6, 6.07) is 3.81. The number of anilines is 1. The third kappa shape index (κ3) is 1.83. The molecule has 1 heterocycles. The minimum atomic E-state index is -0.612. The van der Waals surface area contributed by atoms with Crippen LogP contribution in [0.1, 0.15) is 17.2 Å². The molecular weight excluding hydrogens is 212 g/mol. The Morgan fingerprint density at radius 1 is 1.60 bits per heavy atom. The molecule has 15 heavy (non-hydrogen) atoms. The maximum Gasteiger partial charge on any atom is 0.0912 e. The summed E-state index contributed by atoms with van der Waals surface area (Å²) in [6.45, 7) is 1.21. The highest BCUT2D eigenvalue weighted by atomic mass is 35.5. The number of hydrogen-bond donors (Lipinski definition) is 2. The van der Waals surface area contributed by atoms with Crippen molar-refractivity contribution in [3.63, 3.8) is 0 Å². The molecule has 0 amide bonds. The molecule has 1 unspecified atom stereocenters. The van der Waals surface area contributed by atoms with Crippen LogP contribution < -0.4 is 10.6 Å². The zero-order chi connectivity index (χ0) is 11.0. The number of nitrogens with zero attached hydrogens (tertiary/aromatic N) is 1. The van der Waals surface area contributed by atoms with Crippen molar-refractivity contribution in [3.05, 3.63) is 28.3 Å². The molecule has 0 aromatic heterocycles.